The molecule has 0 spiro atoms. The van der Waals surface area contributed by atoms with E-state index in [1.807, 2.05) is 24.3 Å². The van der Waals surface area contributed by atoms with E-state index in [0.29, 0.717) is 22.2 Å². The van der Waals surface area contributed by atoms with Gasteiger partial charge in [0.05, 0.1) is 19.9 Å². The number of anilines is 1. The van der Waals surface area contributed by atoms with E-state index >= 15 is 0 Å². The van der Waals surface area contributed by atoms with Crippen molar-refractivity contribution < 1.29 is 14.3 Å². The van der Waals surface area contributed by atoms with E-state index in [4.69, 9.17) is 9.47 Å². The Morgan fingerprint density at radius 1 is 1.30 bits per heavy atom. The van der Waals surface area contributed by atoms with E-state index in [9.17, 15) is 4.79 Å². The number of carbonyl (C=O) groups is 1. The Bertz CT molecular complexity index is 593. The molecular formula is C14H16N2O3S. The number of esters is 1. The maximum atomic E-state index is 11.5. The monoisotopic (exact) mass is 292 g/mol. The van der Waals surface area contributed by atoms with Crippen LogP contribution in [0.5, 0.6) is 5.75 Å². The molecule has 6 heteroatoms. The van der Waals surface area contributed by atoms with Crippen LogP contribution in [-0.4, -0.2) is 25.2 Å². The van der Waals surface area contributed by atoms with Crippen molar-refractivity contribution >= 4 is 22.4 Å². The quantitative estimate of drug-likeness (QED) is 0.859. The van der Waals surface area contributed by atoms with Crippen LogP contribution in [0.2, 0.25) is 0 Å². The second-order valence-corrected chi connectivity index (χ2v) is 5.13. The number of benzene rings is 1. The number of methoxy groups -OCH3 is 2. The zero-order valence-corrected chi connectivity index (χ0v) is 12.4. The minimum Gasteiger partial charge on any atom is -0.497 e. The van der Waals surface area contributed by atoms with Crippen LogP contribution in [0, 0.1) is 6.92 Å². The Morgan fingerprint density at radius 2 is 2.00 bits per heavy atom. The van der Waals surface area contributed by atoms with Crippen molar-refractivity contribution in [3.05, 3.63) is 40.4 Å². The molecule has 0 aliphatic carbocycles. The van der Waals surface area contributed by atoms with Crippen LogP contribution in [0.3, 0.4) is 0 Å². The van der Waals surface area contributed by atoms with E-state index in [2.05, 4.69) is 10.3 Å². The molecule has 0 fully saturated rings. The largest absolute Gasteiger partial charge is 0.497 e. The van der Waals surface area contributed by atoms with Crippen LogP contribution in [0.4, 0.5) is 5.13 Å². The van der Waals surface area contributed by atoms with Gasteiger partial charge in [-0.15, -0.1) is 0 Å². The summed E-state index contributed by atoms with van der Waals surface area (Å²) >= 11 is 1.30. The maximum absolute atomic E-state index is 11.5. The number of hydrogen-bond acceptors (Lipinski definition) is 6. The predicted octanol–water partition coefficient (Wildman–Crippen LogP) is 2.86. The third-order valence-electron chi connectivity index (χ3n) is 2.77. The van der Waals surface area contributed by atoms with Crippen molar-refractivity contribution in [2.24, 2.45) is 0 Å². The highest BCUT2D eigenvalue weighted by molar-refractivity contribution is 7.17. The lowest BCUT2D eigenvalue weighted by molar-refractivity contribution is 0.0605. The highest BCUT2D eigenvalue weighted by Gasteiger charge is 2.15. The topological polar surface area (TPSA) is 60.5 Å². The summed E-state index contributed by atoms with van der Waals surface area (Å²) in [4.78, 5) is 16.3. The molecule has 1 aromatic carbocycles. The van der Waals surface area contributed by atoms with Gasteiger partial charge in [-0.2, -0.15) is 0 Å². The fourth-order valence-electron chi connectivity index (χ4n) is 1.68. The molecule has 2 rings (SSSR count). The van der Waals surface area contributed by atoms with E-state index in [0.717, 1.165) is 11.3 Å². The molecular weight excluding hydrogens is 276 g/mol. The summed E-state index contributed by atoms with van der Waals surface area (Å²) < 4.78 is 9.82. The van der Waals surface area contributed by atoms with Crippen molar-refractivity contribution in [1.29, 1.82) is 0 Å². The number of aryl methyl sites for hydroxylation is 1. The predicted molar refractivity (Wildman–Crippen MR) is 78.5 cm³/mol. The van der Waals surface area contributed by atoms with Crippen LogP contribution >= 0.6 is 11.3 Å². The van der Waals surface area contributed by atoms with Crippen LogP contribution in [0.25, 0.3) is 0 Å². The number of nitrogens with zero attached hydrogens (tertiary/aromatic N) is 1. The molecule has 20 heavy (non-hydrogen) atoms. The summed E-state index contributed by atoms with van der Waals surface area (Å²) in [5, 5.41) is 3.90. The Kier molecular flexibility index (Phi) is 4.57. The van der Waals surface area contributed by atoms with Gasteiger partial charge in [0.1, 0.15) is 10.6 Å². The average molecular weight is 292 g/mol. The third-order valence-corrected chi connectivity index (χ3v) is 3.87. The van der Waals surface area contributed by atoms with Gasteiger partial charge in [0, 0.05) is 6.54 Å². The molecule has 0 amide bonds. The molecule has 0 aliphatic heterocycles. The summed E-state index contributed by atoms with van der Waals surface area (Å²) in [6.07, 6.45) is 0. The molecule has 0 radical (unpaired) electrons. The molecule has 5 nitrogen and oxygen atoms in total. The number of hydrogen-bond donors (Lipinski definition) is 1. The number of nitrogens with one attached hydrogen (secondary N) is 1. The van der Waals surface area contributed by atoms with Crippen molar-refractivity contribution in [3.63, 3.8) is 0 Å². The second-order valence-electron chi connectivity index (χ2n) is 4.13. The lowest BCUT2D eigenvalue weighted by Gasteiger charge is -2.04. The first-order valence-electron chi connectivity index (χ1n) is 6.06. The fourth-order valence-corrected chi connectivity index (χ4v) is 2.56. The summed E-state index contributed by atoms with van der Waals surface area (Å²) in [5.41, 5.74) is 1.79. The van der Waals surface area contributed by atoms with E-state index in [-0.39, 0.29) is 5.97 Å². The van der Waals surface area contributed by atoms with Crippen molar-refractivity contribution in [3.8, 4) is 5.75 Å². The maximum Gasteiger partial charge on any atom is 0.350 e. The van der Waals surface area contributed by atoms with Crippen molar-refractivity contribution in [2.45, 2.75) is 13.5 Å². The van der Waals surface area contributed by atoms with Gasteiger partial charge < -0.3 is 14.8 Å². The first-order valence-corrected chi connectivity index (χ1v) is 6.88. The van der Waals surface area contributed by atoms with Crippen LogP contribution in [-0.2, 0) is 11.3 Å². The average Bonchev–Trinajstić information content (AvgIpc) is 2.86. The molecule has 106 valence electrons. The van der Waals surface area contributed by atoms with Gasteiger partial charge in [0.25, 0.3) is 0 Å². The molecule has 0 saturated heterocycles. The molecule has 0 unspecified atom stereocenters. The van der Waals surface area contributed by atoms with Gasteiger partial charge in [-0.25, -0.2) is 9.78 Å². The Hall–Kier alpha value is -2.08. The number of ether oxygens (including phenoxy) is 2. The molecule has 1 N–H and O–H groups in total. The fraction of sp³-hybridized carbons (Fsp3) is 0.286. The SMILES string of the molecule is COC(=O)c1sc(NCc2ccc(OC)cc2)nc1C. The first kappa shape index (κ1) is 14.3. The molecule has 2 aromatic rings. The van der Waals surface area contributed by atoms with E-state index in [1.165, 1.54) is 18.4 Å². The van der Waals surface area contributed by atoms with E-state index in [1.54, 1.807) is 14.0 Å². The summed E-state index contributed by atoms with van der Waals surface area (Å²) in [6, 6.07) is 7.77. The lowest BCUT2D eigenvalue weighted by atomic mass is 10.2. The number of thiazole rings is 1. The smallest absolute Gasteiger partial charge is 0.350 e. The second kappa shape index (κ2) is 6.38. The molecule has 1 heterocycles. The standard InChI is InChI=1S/C14H16N2O3S/c1-9-12(13(17)19-3)20-14(16-9)15-8-10-4-6-11(18-2)7-5-10/h4-7H,8H2,1-3H3,(H,15,16). The van der Waals surface area contributed by atoms with E-state index < -0.39 is 0 Å². The third kappa shape index (κ3) is 3.27. The Labute approximate surface area is 121 Å². The molecule has 0 bridgehead atoms. The zero-order chi connectivity index (χ0) is 14.5. The number of aromatic nitrogens is 1. The highest BCUT2D eigenvalue weighted by atomic mass is 32.1. The molecule has 0 aliphatic rings. The van der Waals surface area contributed by atoms with Crippen LogP contribution < -0.4 is 10.1 Å². The minimum absolute atomic E-state index is 0.350. The normalized spacial score (nSPS) is 10.2. The van der Waals surface area contributed by atoms with Crippen molar-refractivity contribution in [2.75, 3.05) is 19.5 Å². The molecule has 1 aromatic heterocycles. The highest BCUT2D eigenvalue weighted by Crippen LogP contribution is 2.23. The van der Waals surface area contributed by atoms with Gasteiger partial charge in [-0.1, -0.05) is 23.5 Å². The van der Waals surface area contributed by atoms with Gasteiger partial charge in [0.15, 0.2) is 5.13 Å². The van der Waals surface area contributed by atoms with Crippen molar-refractivity contribution in [1.82, 2.24) is 4.98 Å². The lowest BCUT2D eigenvalue weighted by Crippen LogP contribution is -1.99. The minimum atomic E-state index is -0.350. The first-order chi connectivity index (χ1) is 9.63. The van der Waals surface area contributed by atoms with Gasteiger partial charge in [0.2, 0.25) is 0 Å². The number of rotatable bonds is 5. The van der Waals surface area contributed by atoms with Crippen LogP contribution in [0.15, 0.2) is 24.3 Å². The summed E-state index contributed by atoms with van der Waals surface area (Å²) in [7, 11) is 3.01. The Morgan fingerprint density at radius 3 is 2.60 bits per heavy atom. The van der Waals surface area contributed by atoms with Gasteiger partial charge in [-0.05, 0) is 24.6 Å². The summed E-state index contributed by atoms with van der Waals surface area (Å²) in [6.45, 7) is 2.43. The Balaban J connectivity index is 2.01. The summed E-state index contributed by atoms with van der Waals surface area (Å²) in [5.74, 6) is 0.476. The number of carbonyl (C=O) groups excluding carboxylic acids is 1. The van der Waals surface area contributed by atoms with Crippen LogP contribution in [0.1, 0.15) is 20.9 Å². The molecule has 0 saturated carbocycles. The zero-order valence-electron chi connectivity index (χ0n) is 11.6. The molecule has 0 atom stereocenters. The van der Waals surface area contributed by atoms with Gasteiger partial charge >= 0.3 is 5.97 Å². The van der Waals surface area contributed by atoms with Gasteiger partial charge in [-0.3, -0.25) is 0 Å².